The molecule has 0 spiro atoms. The van der Waals surface area contributed by atoms with Crippen LogP contribution in [0.4, 0.5) is 0 Å². The number of piperazine rings is 1. The molecule has 0 radical (unpaired) electrons. The van der Waals surface area contributed by atoms with E-state index in [1.165, 1.54) is 11.1 Å². The molecular formula is C15H22N2O. The summed E-state index contributed by atoms with van der Waals surface area (Å²) in [5.41, 5.74) is 3.28. The number of carbonyl (C=O) groups is 1. The quantitative estimate of drug-likeness (QED) is 0.759. The van der Waals surface area contributed by atoms with Crippen molar-refractivity contribution < 1.29 is 4.79 Å². The molecule has 0 amide bonds. The van der Waals surface area contributed by atoms with Crippen LogP contribution >= 0.6 is 0 Å². The van der Waals surface area contributed by atoms with E-state index in [2.05, 4.69) is 30.7 Å². The van der Waals surface area contributed by atoms with Crippen molar-refractivity contribution in [1.82, 2.24) is 9.80 Å². The first-order valence-electron chi connectivity index (χ1n) is 6.57. The molecule has 0 bridgehead atoms. The normalized spacial score (nSPS) is 17.9. The minimum Gasteiger partial charge on any atom is -0.304 e. The standard InChI is InChI=1S/C15H22N2O/c1-12-4-5-14(10-13(12)2)15(18)11-17-8-6-16(3)7-9-17/h4-5,10H,6-9,11H2,1-3H3. The molecule has 0 saturated carbocycles. The van der Waals surface area contributed by atoms with Crippen molar-refractivity contribution in [2.45, 2.75) is 13.8 Å². The van der Waals surface area contributed by atoms with Gasteiger partial charge in [-0.25, -0.2) is 0 Å². The maximum absolute atomic E-state index is 12.2. The van der Waals surface area contributed by atoms with Crippen molar-refractivity contribution in [3.63, 3.8) is 0 Å². The summed E-state index contributed by atoms with van der Waals surface area (Å²) in [6.45, 7) is 8.78. The van der Waals surface area contributed by atoms with E-state index in [9.17, 15) is 4.79 Å². The third-order valence-corrected chi connectivity index (χ3v) is 3.79. The van der Waals surface area contributed by atoms with Gasteiger partial charge in [0.15, 0.2) is 5.78 Å². The molecule has 0 N–H and O–H groups in total. The molecule has 1 aliphatic heterocycles. The Labute approximate surface area is 109 Å². The van der Waals surface area contributed by atoms with Crippen molar-refractivity contribution in [1.29, 1.82) is 0 Å². The number of Topliss-reactive ketones (excluding diaryl/α,β-unsaturated/α-hetero) is 1. The number of nitrogens with zero attached hydrogens (tertiary/aromatic N) is 2. The van der Waals surface area contributed by atoms with Crippen molar-refractivity contribution >= 4 is 5.78 Å². The van der Waals surface area contributed by atoms with Gasteiger partial charge in [0.1, 0.15) is 0 Å². The Morgan fingerprint density at radius 3 is 2.39 bits per heavy atom. The monoisotopic (exact) mass is 246 g/mol. The summed E-state index contributed by atoms with van der Waals surface area (Å²) in [5.74, 6) is 0.239. The minimum atomic E-state index is 0.239. The molecule has 1 saturated heterocycles. The fourth-order valence-electron chi connectivity index (χ4n) is 2.22. The molecular weight excluding hydrogens is 224 g/mol. The van der Waals surface area contributed by atoms with Gasteiger partial charge in [0.05, 0.1) is 6.54 Å². The highest BCUT2D eigenvalue weighted by Gasteiger charge is 2.17. The second kappa shape index (κ2) is 5.63. The van der Waals surface area contributed by atoms with E-state index in [1.807, 2.05) is 18.2 Å². The number of aryl methyl sites for hydroxylation is 2. The molecule has 98 valence electrons. The van der Waals surface area contributed by atoms with Crippen LogP contribution in [-0.2, 0) is 0 Å². The lowest BCUT2D eigenvalue weighted by Crippen LogP contribution is -2.46. The van der Waals surface area contributed by atoms with Gasteiger partial charge in [-0.15, -0.1) is 0 Å². The Hall–Kier alpha value is -1.19. The van der Waals surface area contributed by atoms with Gasteiger partial charge in [-0.1, -0.05) is 12.1 Å². The van der Waals surface area contributed by atoms with Crippen LogP contribution in [0.1, 0.15) is 21.5 Å². The van der Waals surface area contributed by atoms with Crippen LogP contribution in [0.5, 0.6) is 0 Å². The summed E-state index contributed by atoms with van der Waals surface area (Å²) in [6, 6.07) is 5.99. The topological polar surface area (TPSA) is 23.6 Å². The minimum absolute atomic E-state index is 0.239. The Balaban J connectivity index is 1.97. The summed E-state index contributed by atoms with van der Waals surface area (Å²) < 4.78 is 0. The molecule has 18 heavy (non-hydrogen) atoms. The molecule has 1 aromatic carbocycles. The average molecular weight is 246 g/mol. The highest BCUT2D eigenvalue weighted by molar-refractivity contribution is 5.97. The molecule has 0 aromatic heterocycles. The number of hydrogen-bond acceptors (Lipinski definition) is 3. The fourth-order valence-corrected chi connectivity index (χ4v) is 2.22. The first-order chi connectivity index (χ1) is 8.56. The third-order valence-electron chi connectivity index (χ3n) is 3.79. The Bertz CT molecular complexity index is 434. The van der Waals surface area contributed by atoms with Crippen molar-refractivity contribution in [2.24, 2.45) is 0 Å². The lowest BCUT2D eigenvalue weighted by atomic mass is 10.0. The number of carbonyl (C=O) groups excluding carboxylic acids is 1. The van der Waals surface area contributed by atoms with Crippen LogP contribution in [0, 0.1) is 13.8 Å². The first-order valence-corrected chi connectivity index (χ1v) is 6.57. The van der Waals surface area contributed by atoms with Crippen LogP contribution in [0.3, 0.4) is 0 Å². The van der Waals surface area contributed by atoms with Gasteiger partial charge >= 0.3 is 0 Å². The predicted octanol–water partition coefficient (Wildman–Crippen LogP) is 1.73. The molecule has 3 heteroatoms. The number of benzene rings is 1. The Kier molecular flexibility index (Phi) is 4.15. The van der Waals surface area contributed by atoms with Gasteiger partial charge in [-0.2, -0.15) is 0 Å². The molecule has 3 nitrogen and oxygen atoms in total. The van der Waals surface area contributed by atoms with Crippen LogP contribution in [0.2, 0.25) is 0 Å². The van der Waals surface area contributed by atoms with Crippen LogP contribution < -0.4 is 0 Å². The lowest BCUT2D eigenvalue weighted by Gasteiger charge is -2.31. The lowest BCUT2D eigenvalue weighted by molar-refractivity contribution is 0.0876. The zero-order chi connectivity index (χ0) is 13.1. The van der Waals surface area contributed by atoms with Crippen molar-refractivity contribution in [2.75, 3.05) is 39.8 Å². The van der Waals surface area contributed by atoms with E-state index in [0.29, 0.717) is 6.54 Å². The second-order valence-electron chi connectivity index (χ2n) is 5.30. The van der Waals surface area contributed by atoms with Crippen molar-refractivity contribution in [3.8, 4) is 0 Å². The predicted molar refractivity (Wildman–Crippen MR) is 74.2 cm³/mol. The molecule has 2 rings (SSSR count). The highest BCUT2D eigenvalue weighted by Crippen LogP contribution is 2.11. The molecule has 0 aliphatic carbocycles. The van der Waals surface area contributed by atoms with E-state index in [0.717, 1.165) is 31.7 Å². The van der Waals surface area contributed by atoms with Gasteiger partial charge < -0.3 is 4.90 Å². The zero-order valence-corrected chi connectivity index (χ0v) is 11.6. The zero-order valence-electron chi connectivity index (χ0n) is 11.6. The van der Waals surface area contributed by atoms with Gasteiger partial charge in [0, 0.05) is 31.7 Å². The summed E-state index contributed by atoms with van der Waals surface area (Å²) in [7, 11) is 2.13. The number of likely N-dealkylation sites (N-methyl/N-ethyl adjacent to an activating group) is 1. The molecule has 0 unspecified atom stereocenters. The molecule has 0 atom stereocenters. The largest absolute Gasteiger partial charge is 0.304 e. The van der Waals surface area contributed by atoms with Gasteiger partial charge in [0.25, 0.3) is 0 Å². The fraction of sp³-hybridized carbons (Fsp3) is 0.533. The summed E-state index contributed by atoms with van der Waals surface area (Å²) in [5, 5.41) is 0. The summed E-state index contributed by atoms with van der Waals surface area (Å²) in [4.78, 5) is 16.8. The highest BCUT2D eigenvalue weighted by atomic mass is 16.1. The van der Waals surface area contributed by atoms with E-state index >= 15 is 0 Å². The number of rotatable bonds is 3. The molecule has 1 aromatic rings. The van der Waals surface area contributed by atoms with Gasteiger partial charge in [0.2, 0.25) is 0 Å². The van der Waals surface area contributed by atoms with E-state index in [4.69, 9.17) is 0 Å². The second-order valence-corrected chi connectivity index (χ2v) is 5.30. The van der Waals surface area contributed by atoms with E-state index < -0.39 is 0 Å². The van der Waals surface area contributed by atoms with Crippen LogP contribution in [0.15, 0.2) is 18.2 Å². The smallest absolute Gasteiger partial charge is 0.176 e. The molecule has 1 fully saturated rings. The van der Waals surface area contributed by atoms with Crippen LogP contribution in [0.25, 0.3) is 0 Å². The first kappa shape index (κ1) is 13.2. The summed E-state index contributed by atoms with van der Waals surface area (Å²) >= 11 is 0. The maximum atomic E-state index is 12.2. The maximum Gasteiger partial charge on any atom is 0.176 e. The van der Waals surface area contributed by atoms with E-state index in [1.54, 1.807) is 0 Å². The molecule has 1 aliphatic rings. The number of ketones is 1. The SMILES string of the molecule is Cc1ccc(C(=O)CN2CCN(C)CC2)cc1C. The van der Waals surface area contributed by atoms with Crippen LogP contribution in [-0.4, -0.2) is 55.4 Å². The average Bonchev–Trinajstić information content (AvgIpc) is 2.35. The Morgan fingerprint density at radius 2 is 1.78 bits per heavy atom. The third kappa shape index (κ3) is 3.18. The Morgan fingerprint density at radius 1 is 1.11 bits per heavy atom. The van der Waals surface area contributed by atoms with Crippen molar-refractivity contribution in [3.05, 3.63) is 34.9 Å². The van der Waals surface area contributed by atoms with Gasteiger partial charge in [-0.3, -0.25) is 9.69 Å². The van der Waals surface area contributed by atoms with E-state index in [-0.39, 0.29) is 5.78 Å². The molecule has 1 heterocycles. The van der Waals surface area contributed by atoms with Gasteiger partial charge in [-0.05, 0) is 38.1 Å². The number of hydrogen-bond donors (Lipinski definition) is 0. The summed E-state index contributed by atoms with van der Waals surface area (Å²) in [6.07, 6.45) is 0.